The Morgan fingerprint density at radius 3 is 2.41 bits per heavy atom. The van der Waals surface area contributed by atoms with Gasteiger partial charge in [-0.1, -0.05) is 60.7 Å². The fourth-order valence-corrected chi connectivity index (χ4v) is 3.41. The normalized spacial score (nSPS) is 15.3. The molecular weight excluding hydrogens is 370 g/mol. The van der Waals surface area contributed by atoms with Gasteiger partial charge in [0.15, 0.2) is 11.4 Å². The van der Waals surface area contributed by atoms with Crippen molar-refractivity contribution in [2.24, 2.45) is 0 Å². The molecule has 0 aliphatic carbocycles. The monoisotopic (exact) mass is 391 g/mol. The summed E-state index contributed by atoms with van der Waals surface area (Å²) in [7, 11) is 1.28. The zero-order chi connectivity index (χ0) is 20.2. The molecule has 1 atom stereocenters. The molecule has 1 unspecified atom stereocenters. The average molecular weight is 391 g/mol. The summed E-state index contributed by atoms with van der Waals surface area (Å²) in [5.41, 5.74) is 2.28. The second-order valence-electron chi connectivity index (χ2n) is 6.79. The molecule has 1 aliphatic heterocycles. The third-order valence-corrected chi connectivity index (χ3v) is 4.85. The Kier molecular flexibility index (Phi) is 5.29. The molecule has 1 aromatic heterocycles. The molecule has 2 heterocycles. The summed E-state index contributed by atoms with van der Waals surface area (Å²) < 4.78 is 12.4. The Morgan fingerprint density at radius 1 is 1.10 bits per heavy atom. The van der Waals surface area contributed by atoms with Crippen LogP contribution in [0, 0.1) is 0 Å². The van der Waals surface area contributed by atoms with Crippen molar-refractivity contribution in [2.75, 3.05) is 13.7 Å². The summed E-state index contributed by atoms with van der Waals surface area (Å²) in [6, 6.07) is 19.3. The second kappa shape index (κ2) is 8.18. The first-order chi connectivity index (χ1) is 14.2. The van der Waals surface area contributed by atoms with Crippen molar-refractivity contribution in [3.05, 3.63) is 83.2 Å². The van der Waals surface area contributed by atoms with Crippen LogP contribution in [0.5, 0.6) is 5.75 Å². The van der Waals surface area contributed by atoms with Gasteiger partial charge < -0.3 is 14.8 Å². The van der Waals surface area contributed by atoms with Crippen LogP contribution in [0.3, 0.4) is 0 Å². The third kappa shape index (κ3) is 3.85. The van der Waals surface area contributed by atoms with Crippen molar-refractivity contribution in [2.45, 2.75) is 19.1 Å². The number of hydrogen-bond acceptors (Lipinski definition) is 5. The number of amides is 1. The standard InChI is InChI=1S/C22H21N3O4/c1-28-22(27)18-20(29-14-16-10-6-3-7-11-16)19-21(26)23-13-17(25(19)24-18)12-15-8-4-2-5-9-15/h2-11,17H,12-14H2,1H3,(H,23,26). The van der Waals surface area contributed by atoms with Crippen LogP contribution >= 0.6 is 0 Å². The quantitative estimate of drug-likeness (QED) is 0.654. The highest BCUT2D eigenvalue weighted by Crippen LogP contribution is 2.31. The van der Waals surface area contributed by atoms with E-state index >= 15 is 0 Å². The Labute approximate surface area is 168 Å². The Balaban J connectivity index is 1.70. The van der Waals surface area contributed by atoms with Crippen LogP contribution in [-0.2, 0) is 17.8 Å². The van der Waals surface area contributed by atoms with Crippen molar-refractivity contribution >= 4 is 11.9 Å². The zero-order valence-electron chi connectivity index (χ0n) is 16.0. The number of carbonyl (C=O) groups is 2. The molecular formula is C22H21N3O4. The summed E-state index contributed by atoms with van der Waals surface area (Å²) in [6.45, 7) is 0.626. The van der Waals surface area contributed by atoms with Crippen molar-refractivity contribution < 1.29 is 19.1 Å². The van der Waals surface area contributed by atoms with Crippen LogP contribution in [0.2, 0.25) is 0 Å². The highest BCUT2D eigenvalue weighted by atomic mass is 16.5. The molecule has 0 radical (unpaired) electrons. The molecule has 7 heteroatoms. The van der Waals surface area contributed by atoms with E-state index in [0.717, 1.165) is 11.1 Å². The van der Waals surface area contributed by atoms with E-state index in [0.29, 0.717) is 13.0 Å². The molecule has 3 aromatic rings. The molecule has 0 bridgehead atoms. The molecule has 148 valence electrons. The summed E-state index contributed by atoms with van der Waals surface area (Å²) in [5, 5.41) is 7.30. The maximum Gasteiger partial charge on any atom is 0.362 e. The molecule has 4 rings (SSSR count). The van der Waals surface area contributed by atoms with E-state index in [2.05, 4.69) is 10.4 Å². The molecule has 0 saturated heterocycles. The summed E-state index contributed by atoms with van der Waals surface area (Å²) >= 11 is 0. The van der Waals surface area contributed by atoms with Crippen molar-refractivity contribution in [3.8, 4) is 5.75 Å². The number of nitrogens with zero attached hydrogens (tertiary/aromatic N) is 2. The van der Waals surface area contributed by atoms with Gasteiger partial charge in [-0.2, -0.15) is 5.10 Å². The van der Waals surface area contributed by atoms with Gasteiger partial charge in [0.1, 0.15) is 6.61 Å². The molecule has 0 spiro atoms. The van der Waals surface area contributed by atoms with E-state index in [1.165, 1.54) is 7.11 Å². The molecule has 1 aliphatic rings. The van der Waals surface area contributed by atoms with Crippen LogP contribution in [0.15, 0.2) is 60.7 Å². The van der Waals surface area contributed by atoms with Gasteiger partial charge in [0.2, 0.25) is 5.69 Å². The van der Waals surface area contributed by atoms with Crippen LogP contribution in [0.1, 0.15) is 38.1 Å². The van der Waals surface area contributed by atoms with E-state index in [-0.39, 0.29) is 35.7 Å². The zero-order valence-corrected chi connectivity index (χ0v) is 16.0. The van der Waals surface area contributed by atoms with Crippen LogP contribution in [0.4, 0.5) is 0 Å². The van der Waals surface area contributed by atoms with Gasteiger partial charge in [0, 0.05) is 6.54 Å². The SMILES string of the molecule is COC(=O)c1nn2c(c1OCc1ccccc1)C(=O)NCC2Cc1ccccc1. The van der Waals surface area contributed by atoms with Crippen LogP contribution in [0.25, 0.3) is 0 Å². The lowest BCUT2D eigenvalue weighted by molar-refractivity contribution is 0.0587. The summed E-state index contributed by atoms with van der Waals surface area (Å²) in [6.07, 6.45) is 0.661. The topological polar surface area (TPSA) is 82.4 Å². The first-order valence-electron chi connectivity index (χ1n) is 9.37. The largest absolute Gasteiger partial charge is 0.484 e. The minimum atomic E-state index is -0.638. The van der Waals surface area contributed by atoms with Crippen molar-refractivity contribution in [1.82, 2.24) is 15.1 Å². The molecule has 1 amide bonds. The van der Waals surface area contributed by atoms with Crippen LogP contribution in [-0.4, -0.2) is 35.3 Å². The average Bonchev–Trinajstić information content (AvgIpc) is 3.16. The Bertz CT molecular complexity index is 1020. The fourth-order valence-electron chi connectivity index (χ4n) is 3.41. The minimum Gasteiger partial charge on any atom is -0.484 e. The Morgan fingerprint density at radius 2 is 1.76 bits per heavy atom. The van der Waals surface area contributed by atoms with Crippen molar-refractivity contribution in [3.63, 3.8) is 0 Å². The van der Waals surface area contributed by atoms with Gasteiger partial charge in [-0.05, 0) is 17.5 Å². The predicted octanol–water partition coefficient (Wildman–Crippen LogP) is 2.78. The Hall–Kier alpha value is -3.61. The molecule has 0 fully saturated rings. The van der Waals surface area contributed by atoms with E-state index < -0.39 is 5.97 Å². The molecule has 2 aromatic carbocycles. The van der Waals surface area contributed by atoms with Gasteiger partial charge in [-0.3, -0.25) is 9.48 Å². The van der Waals surface area contributed by atoms with Gasteiger partial charge in [0.25, 0.3) is 5.91 Å². The van der Waals surface area contributed by atoms with Gasteiger partial charge >= 0.3 is 5.97 Å². The van der Waals surface area contributed by atoms with E-state index in [1.807, 2.05) is 60.7 Å². The number of ether oxygens (including phenoxy) is 2. The maximum atomic E-state index is 12.6. The number of aromatic nitrogens is 2. The van der Waals surface area contributed by atoms with E-state index in [4.69, 9.17) is 9.47 Å². The first kappa shape index (κ1) is 18.7. The van der Waals surface area contributed by atoms with Gasteiger partial charge in [-0.25, -0.2) is 4.79 Å². The summed E-state index contributed by atoms with van der Waals surface area (Å²) in [4.78, 5) is 25.0. The molecule has 7 nitrogen and oxygen atoms in total. The number of carbonyl (C=O) groups excluding carboxylic acids is 2. The van der Waals surface area contributed by atoms with E-state index in [1.54, 1.807) is 4.68 Å². The third-order valence-electron chi connectivity index (χ3n) is 4.85. The number of hydrogen-bond donors (Lipinski definition) is 1. The maximum absolute atomic E-state index is 12.6. The summed E-state index contributed by atoms with van der Waals surface area (Å²) in [5.74, 6) is -0.808. The smallest absolute Gasteiger partial charge is 0.362 e. The number of rotatable bonds is 6. The predicted molar refractivity (Wildman–Crippen MR) is 106 cm³/mol. The molecule has 0 saturated carbocycles. The van der Waals surface area contributed by atoms with Gasteiger partial charge in [-0.15, -0.1) is 0 Å². The lowest BCUT2D eigenvalue weighted by Crippen LogP contribution is -2.40. The highest BCUT2D eigenvalue weighted by Gasteiger charge is 2.35. The minimum absolute atomic E-state index is 0.00791. The van der Waals surface area contributed by atoms with Gasteiger partial charge in [0.05, 0.1) is 13.2 Å². The van der Waals surface area contributed by atoms with E-state index in [9.17, 15) is 9.59 Å². The first-order valence-corrected chi connectivity index (χ1v) is 9.37. The number of fused-ring (bicyclic) bond motifs is 1. The molecule has 1 N–H and O–H groups in total. The fraction of sp³-hybridized carbons (Fsp3) is 0.227. The number of esters is 1. The number of benzene rings is 2. The lowest BCUT2D eigenvalue weighted by Gasteiger charge is -2.25. The number of methoxy groups -OCH3 is 1. The van der Waals surface area contributed by atoms with Crippen LogP contribution < -0.4 is 10.1 Å². The second-order valence-corrected chi connectivity index (χ2v) is 6.79. The highest BCUT2D eigenvalue weighted by molar-refractivity contribution is 6.01. The lowest BCUT2D eigenvalue weighted by atomic mass is 10.0. The number of nitrogens with one attached hydrogen (secondary N) is 1. The van der Waals surface area contributed by atoms with Crippen molar-refractivity contribution in [1.29, 1.82) is 0 Å². The molecule has 29 heavy (non-hydrogen) atoms.